The zero-order chi connectivity index (χ0) is 39.6. The molecule has 12 nitrogen and oxygen atoms in total. The smallest absolute Gasteiger partial charge is 0.220 e. The fraction of sp³-hybridized carbons (Fsp3) is 0.872. The number of rotatable bonds is 30. The quantitative estimate of drug-likeness (QED) is 0.0749. The molecule has 0 spiro atoms. The van der Waals surface area contributed by atoms with E-state index in [-0.39, 0.29) is 119 Å². The predicted molar refractivity (Wildman–Crippen MR) is 198 cm³/mol. The lowest BCUT2D eigenvalue weighted by atomic mass is 9.76. The molecule has 0 fully saturated rings. The van der Waals surface area contributed by atoms with Crippen molar-refractivity contribution in [2.45, 2.75) is 151 Å². The van der Waals surface area contributed by atoms with E-state index in [1.807, 2.05) is 74.3 Å². The van der Waals surface area contributed by atoms with Crippen LogP contribution in [0.1, 0.15) is 128 Å². The number of Topliss-reactive ketones (excluding diaryl/α,β-unsaturated/α-hetero) is 4. The molecule has 0 rings (SSSR count). The van der Waals surface area contributed by atoms with E-state index < -0.39 is 22.2 Å². The molecule has 0 aliphatic rings. The molecular weight excluding hydrogens is 656 g/mol. The molecule has 0 aliphatic heterocycles. The van der Waals surface area contributed by atoms with Gasteiger partial charge in [0.15, 0.2) is 0 Å². The Balaban J connectivity index is 5.45. The second-order valence-electron chi connectivity index (χ2n) is 16.4. The van der Waals surface area contributed by atoms with Crippen LogP contribution >= 0.6 is 0 Å². The summed E-state index contributed by atoms with van der Waals surface area (Å²) in [5.41, 5.74) is -3.49. The summed E-state index contributed by atoms with van der Waals surface area (Å²) < 4.78 is 23.6. The number of ketones is 4. The second-order valence-corrected chi connectivity index (χ2v) is 16.4. The van der Waals surface area contributed by atoms with Crippen LogP contribution in [-0.2, 0) is 42.9 Å². The number of carbonyl (C=O) groups excluding carboxylic acids is 5. The van der Waals surface area contributed by atoms with Crippen LogP contribution in [0, 0.1) is 17.3 Å². The van der Waals surface area contributed by atoms with Crippen molar-refractivity contribution < 1.29 is 48.0 Å². The maximum atomic E-state index is 13.4. The summed E-state index contributed by atoms with van der Waals surface area (Å²) >= 11 is 0. The summed E-state index contributed by atoms with van der Waals surface area (Å²) in [5.74, 6) is -0.389. The van der Waals surface area contributed by atoms with Crippen molar-refractivity contribution in [1.29, 1.82) is 0 Å². The summed E-state index contributed by atoms with van der Waals surface area (Å²) in [4.78, 5) is 63.2. The molecule has 0 aliphatic carbocycles. The van der Waals surface area contributed by atoms with E-state index in [0.29, 0.717) is 19.4 Å². The highest BCUT2D eigenvalue weighted by molar-refractivity contribution is 5.85. The summed E-state index contributed by atoms with van der Waals surface area (Å²) in [6, 6.07) is 0. The average molecular weight is 729 g/mol. The molecule has 0 saturated carbocycles. The van der Waals surface area contributed by atoms with Gasteiger partial charge in [-0.2, -0.15) is 0 Å². The highest BCUT2D eigenvalue weighted by Gasteiger charge is 2.43. The molecule has 0 aromatic carbocycles. The number of nitrogens with zero attached hydrogens (tertiary/aromatic N) is 1. The Morgan fingerprint density at radius 1 is 0.706 bits per heavy atom. The summed E-state index contributed by atoms with van der Waals surface area (Å²) in [7, 11) is 1.86. The van der Waals surface area contributed by atoms with Gasteiger partial charge in [-0.1, -0.05) is 41.5 Å². The third kappa shape index (κ3) is 20.1. The number of hydrogen-bond acceptors (Lipinski definition) is 11. The molecule has 2 atom stereocenters. The first-order valence-corrected chi connectivity index (χ1v) is 18.6. The van der Waals surface area contributed by atoms with Crippen LogP contribution in [0.5, 0.6) is 0 Å². The molecule has 0 radical (unpaired) electrons. The van der Waals surface area contributed by atoms with E-state index in [2.05, 4.69) is 5.32 Å². The van der Waals surface area contributed by atoms with Crippen LogP contribution in [0.15, 0.2) is 0 Å². The fourth-order valence-electron chi connectivity index (χ4n) is 5.86. The summed E-state index contributed by atoms with van der Waals surface area (Å²) in [5, 5.41) is 14.5. The molecule has 0 heterocycles. The van der Waals surface area contributed by atoms with E-state index in [0.717, 1.165) is 0 Å². The molecule has 298 valence electrons. The highest BCUT2D eigenvalue weighted by Crippen LogP contribution is 2.36. The molecule has 1 amide bonds. The normalized spacial score (nSPS) is 14.5. The zero-order valence-corrected chi connectivity index (χ0v) is 34.2. The van der Waals surface area contributed by atoms with Crippen molar-refractivity contribution >= 4 is 29.0 Å². The summed E-state index contributed by atoms with van der Waals surface area (Å²) in [6.45, 7) is 22.7. The predicted octanol–water partition coefficient (Wildman–Crippen LogP) is 5.10. The number of hydrogen-bond donors (Lipinski definition) is 2. The van der Waals surface area contributed by atoms with Crippen molar-refractivity contribution in [3.8, 4) is 0 Å². The Labute approximate surface area is 308 Å². The number of amides is 1. The number of aliphatic hydroxyl groups is 1. The Kier molecular flexibility index (Phi) is 21.9. The van der Waals surface area contributed by atoms with Crippen LogP contribution in [0.25, 0.3) is 0 Å². The monoisotopic (exact) mass is 729 g/mol. The number of ether oxygens (including phenoxy) is 4. The Morgan fingerprint density at radius 2 is 1.18 bits per heavy atom. The van der Waals surface area contributed by atoms with Gasteiger partial charge >= 0.3 is 0 Å². The fourth-order valence-corrected chi connectivity index (χ4v) is 5.86. The third-order valence-electron chi connectivity index (χ3n) is 9.37. The van der Waals surface area contributed by atoms with Crippen molar-refractivity contribution in [1.82, 2.24) is 10.2 Å². The van der Waals surface area contributed by atoms with Crippen molar-refractivity contribution in [3.05, 3.63) is 0 Å². The van der Waals surface area contributed by atoms with Crippen molar-refractivity contribution in [2.24, 2.45) is 17.3 Å². The van der Waals surface area contributed by atoms with Crippen LogP contribution in [0.4, 0.5) is 0 Å². The van der Waals surface area contributed by atoms with E-state index in [1.165, 1.54) is 13.8 Å². The number of nitrogens with one attached hydrogen (secondary N) is 1. The van der Waals surface area contributed by atoms with Gasteiger partial charge in [-0.25, -0.2) is 0 Å². The first kappa shape index (κ1) is 48.9. The molecule has 0 aromatic heterocycles. The number of carbonyl (C=O) groups is 5. The standard InChI is InChI=1S/C39H72N2O10/c1-28(2)33(44)18-22-50-27-39(25-48-20-16-30(5)42,26-49-21-17-31(6)43)40-34(45)15-14-32(7)51-23-19-37(10,11)41(13)38(12,47)24-36(8,9)35(46)29(3)4/h28-29,32,47H,14-27H2,1-13H3,(H,40,45). The van der Waals surface area contributed by atoms with E-state index in [1.54, 1.807) is 6.92 Å². The minimum absolute atomic E-state index is 0.00542. The zero-order valence-electron chi connectivity index (χ0n) is 34.2. The lowest BCUT2D eigenvalue weighted by Gasteiger charge is -2.47. The minimum Gasteiger partial charge on any atom is -0.378 e. The van der Waals surface area contributed by atoms with Crippen molar-refractivity contribution in [2.75, 3.05) is 53.3 Å². The van der Waals surface area contributed by atoms with Gasteiger partial charge in [-0.3, -0.25) is 28.9 Å². The summed E-state index contributed by atoms with van der Waals surface area (Å²) in [6.07, 6.45) is 1.88. The van der Waals surface area contributed by atoms with E-state index >= 15 is 0 Å². The molecule has 0 bridgehead atoms. The van der Waals surface area contributed by atoms with Crippen LogP contribution < -0.4 is 5.32 Å². The molecule has 2 unspecified atom stereocenters. The van der Waals surface area contributed by atoms with Crippen LogP contribution in [-0.4, -0.2) is 115 Å². The van der Waals surface area contributed by atoms with Gasteiger partial charge in [0.25, 0.3) is 0 Å². The van der Waals surface area contributed by atoms with Crippen LogP contribution in [0.3, 0.4) is 0 Å². The van der Waals surface area contributed by atoms with Gasteiger partial charge in [0.1, 0.15) is 34.4 Å². The topological polar surface area (TPSA) is 158 Å². The maximum Gasteiger partial charge on any atom is 0.220 e. The van der Waals surface area contributed by atoms with Gasteiger partial charge in [0, 0.05) is 61.5 Å². The lowest BCUT2D eigenvalue weighted by Crippen LogP contribution is -2.58. The maximum absolute atomic E-state index is 13.4. The first-order valence-electron chi connectivity index (χ1n) is 18.6. The SMILES string of the molecule is CC(=O)CCOCC(COCCC(C)=O)(COCCC(=O)C(C)C)NC(=O)CCC(C)OCCC(C)(C)N(C)C(C)(O)CC(C)(C)C(=O)C(C)C. The Hall–Kier alpha value is -2.09. The van der Waals surface area contributed by atoms with Gasteiger partial charge in [0.2, 0.25) is 5.91 Å². The second kappa shape index (κ2) is 22.9. The molecule has 2 N–H and O–H groups in total. The van der Waals surface area contributed by atoms with Gasteiger partial charge < -0.3 is 29.4 Å². The van der Waals surface area contributed by atoms with Crippen LogP contribution in [0.2, 0.25) is 0 Å². The van der Waals surface area contributed by atoms with E-state index in [9.17, 15) is 29.1 Å². The highest BCUT2D eigenvalue weighted by atomic mass is 16.5. The first-order chi connectivity index (χ1) is 23.4. The molecule has 51 heavy (non-hydrogen) atoms. The third-order valence-corrected chi connectivity index (χ3v) is 9.37. The molecule has 0 saturated heterocycles. The Bertz CT molecular complexity index is 1080. The molecule has 0 aromatic rings. The Morgan fingerprint density at radius 3 is 1.61 bits per heavy atom. The van der Waals surface area contributed by atoms with Crippen molar-refractivity contribution in [3.63, 3.8) is 0 Å². The largest absolute Gasteiger partial charge is 0.378 e. The average Bonchev–Trinajstić information content (AvgIpc) is 3.00. The van der Waals surface area contributed by atoms with E-state index in [4.69, 9.17) is 18.9 Å². The lowest BCUT2D eigenvalue weighted by molar-refractivity contribution is -0.160. The van der Waals surface area contributed by atoms with Gasteiger partial charge in [0.05, 0.1) is 45.7 Å². The molecular formula is C39H72N2O10. The molecule has 12 heteroatoms. The van der Waals surface area contributed by atoms with Gasteiger partial charge in [-0.05, 0) is 61.4 Å². The van der Waals surface area contributed by atoms with Gasteiger partial charge in [-0.15, -0.1) is 0 Å². The minimum atomic E-state index is -1.23.